The summed E-state index contributed by atoms with van der Waals surface area (Å²) in [6.07, 6.45) is -2.64. The van der Waals surface area contributed by atoms with E-state index >= 15 is 0 Å². The van der Waals surface area contributed by atoms with Gasteiger partial charge in [-0.15, -0.1) is 0 Å². The highest BCUT2D eigenvalue weighted by atomic mass is 35.5. The van der Waals surface area contributed by atoms with E-state index in [1.54, 1.807) is 25.1 Å². The van der Waals surface area contributed by atoms with E-state index in [1.807, 2.05) is 0 Å². The van der Waals surface area contributed by atoms with Gasteiger partial charge in [-0.1, -0.05) is 11.6 Å². The smallest absolute Gasteiger partial charge is 0.280 e. The lowest BCUT2D eigenvalue weighted by atomic mass is 10.3. The van der Waals surface area contributed by atoms with Crippen LogP contribution in [0.2, 0.25) is 5.02 Å². The van der Waals surface area contributed by atoms with Crippen molar-refractivity contribution in [2.45, 2.75) is 13.3 Å². The van der Waals surface area contributed by atoms with Crippen molar-refractivity contribution in [1.29, 1.82) is 0 Å². The maximum absolute atomic E-state index is 12.7. The number of benzene rings is 1. The van der Waals surface area contributed by atoms with E-state index in [9.17, 15) is 8.78 Å². The summed E-state index contributed by atoms with van der Waals surface area (Å²) < 4.78 is 30.4. The van der Waals surface area contributed by atoms with Crippen LogP contribution in [0.4, 0.5) is 20.3 Å². The van der Waals surface area contributed by atoms with E-state index in [1.165, 1.54) is 13.2 Å². The Kier molecular flexibility index (Phi) is 4.34. The van der Waals surface area contributed by atoms with Gasteiger partial charge in [0.05, 0.1) is 12.1 Å². The largest absolute Gasteiger partial charge is 0.495 e. The Labute approximate surface area is 119 Å². The number of methoxy groups -OCH3 is 1. The predicted octanol–water partition coefficient (Wildman–Crippen LogP) is 4.13. The van der Waals surface area contributed by atoms with Crippen LogP contribution in [0.25, 0.3) is 0 Å². The quantitative estimate of drug-likeness (QED) is 0.922. The average Bonchev–Trinajstić information content (AvgIpc) is 2.38. The standard InChI is InChI=1S/C13H12ClF2N3O/c1-7-17-10(13(15)16)6-12(18-7)19-8-3-4-11(20-2)9(14)5-8/h3-6,13H,1-2H3,(H,17,18,19). The summed E-state index contributed by atoms with van der Waals surface area (Å²) in [6.45, 7) is 1.55. The summed E-state index contributed by atoms with van der Waals surface area (Å²) in [5.41, 5.74) is 0.300. The first-order chi connectivity index (χ1) is 9.49. The minimum Gasteiger partial charge on any atom is -0.495 e. The van der Waals surface area contributed by atoms with E-state index < -0.39 is 6.43 Å². The maximum atomic E-state index is 12.7. The number of hydrogen-bond donors (Lipinski definition) is 1. The molecule has 7 heteroatoms. The Morgan fingerprint density at radius 3 is 2.60 bits per heavy atom. The number of ether oxygens (including phenoxy) is 1. The lowest BCUT2D eigenvalue weighted by molar-refractivity contribution is 0.145. The molecule has 20 heavy (non-hydrogen) atoms. The van der Waals surface area contributed by atoms with E-state index in [4.69, 9.17) is 16.3 Å². The molecule has 1 N–H and O–H groups in total. The second kappa shape index (κ2) is 6.00. The summed E-state index contributed by atoms with van der Waals surface area (Å²) in [7, 11) is 1.51. The van der Waals surface area contributed by atoms with Crippen LogP contribution in [0, 0.1) is 6.92 Å². The van der Waals surface area contributed by atoms with E-state index in [2.05, 4.69) is 15.3 Å². The molecule has 0 aliphatic heterocycles. The van der Waals surface area contributed by atoms with E-state index in [-0.39, 0.29) is 17.3 Å². The molecule has 0 bridgehead atoms. The topological polar surface area (TPSA) is 47.0 Å². The van der Waals surface area contributed by atoms with Crippen molar-refractivity contribution in [2.24, 2.45) is 0 Å². The molecule has 0 saturated heterocycles. The van der Waals surface area contributed by atoms with Gasteiger partial charge in [0.25, 0.3) is 6.43 Å². The minimum absolute atomic E-state index is 0.268. The first kappa shape index (κ1) is 14.5. The number of aryl methyl sites for hydroxylation is 1. The molecular weight excluding hydrogens is 288 g/mol. The number of alkyl halides is 2. The number of hydrogen-bond acceptors (Lipinski definition) is 4. The fourth-order valence-corrected chi connectivity index (χ4v) is 1.92. The van der Waals surface area contributed by atoms with Gasteiger partial charge in [0.2, 0.25) is 0 Å². The van der Waals surface area contributed by atoms with Crippen molar-refractivity contribution in [3.63, 3.8) is 0 Å². The normalized spacial score (nSPS) is 10.7. The van der Waals surface area contributed by atoms with Gasteiger partial charge >= 0.3 is 0 Å². The fraction of sp³-hybridized carbons (Fsp3) is 0.231. The van der Waals surface area contributed by atoms with Crippen LogP contribution in [-0.2, 0) is 0 Å². The molecule has 106 valence electrons. The summed E-state index contributed by atoms with van der Waals surface area (Å²) in [6, 6.07) is 6.21. The molecule has 0 spiro atoms. The zero-order chi connectivity index (χ0) is 14.7. The van der Waals surface area contributed by atoms with Gasteiger partial charge in [0.1, 0.15) is 23.1 Å². The molecule has 0 saturated carbocycles. The van der Waals surface area contributed by atoms with Gasteiger partial charge in [-0.05, 0) is 25.1 Å². The Balaban J connectivity index is 2.27. The molecule has 4 nitrogen and oxygen atoms in total. The van der Waals surface area contributed by atoms with Gasteiger partial charge in [0.15, 0.2) is 0 Å². The molecule has 0 aliphatic carbocycles. The third kappa shape index (κ3) is 3.33. The van der Waals surface area contributed by atoms with Gasteiger partial charge in [-0.25, -0.2) is 18.7 Å². The third-order valence-electron chi connectivity index (χ3n) is 2.51. The number of nitrogens with zero attached hydrogens (tertiary/aromatic N) is 2. The Hall–Kier alpha value is -1.95. The molecule has 1 aromatic carbocycles. The number of anilines is 2. The summed E-state index contributed by atoms with van der Waals surface area (Å²) >= 11 is 5.99. The zero-order valence-electron chi connectivity index (χ0n) is 10.8. The van der Waals surface area contributed by atoms with Crippen LogP contribution >= 0.6 is 11.6 Å². The van der Waals surface area contributed by atoms with Crippen LogP contribution < -0.4 is 10.1 Å². The van der Waals surface area contributed by atoms with Crippen molar-refractivity contribution in [1.82, 2.24) is 9.97 Å². The molecule has 0 unspecified atom stereocenters. The predicted molar refractivity (Wildman–Crippen MR) is 73.0 cm³/mol. The second-order valence-corrected chi connectivity index (χ2v) is 4.41. The highest BCUT2D eigenvalue weighted by Crippen LogP contribution is 2.29. The molecule has 0 atom stereocenters. The first-order valence-corrected chi connectivity index (χ1v) is 6.11. The number of nitrogens with one attached hydrogen (secondary N) is 1. The Morgan fingerprint density at radius 1 is 1.25 bits per heavy atom. The lowest BCUT2D eigenvalue weighted by Gasteiger charge is -2.10. The van der Waals surface area contributed by atoms with Crippen molar-refractivity contribution in [3.05, 3.63) is 40.8 Å². The van der Waals surface area contributed by atoms with Crippen LogP contribution in [-0.4, -0.2) is 17.1 Å². The highest BCUT2D eigenvalue weighted by molar-refractivity contribution is 6.32. The molecule has 1 heterocycles. The monoisotopic (exact) mass is 299 g/mol. The Bertz CT molecular complexity index is 623. The van der Waals surface area contributed by atoms with Gasteiger partial charge in [-0.2, -0.15) is 0 Å². The molecule has 0 aliphatic rings. The van der Waals surface area contributed by atoms with Crippen molar-refractivity contribution in [2.75, 3.05) is 12.4 Å². The summed E-state index contributed by atoms with van der Waals surface area (Å²) in [5, 5.41) is 3.32. The molecule has 1 aromatic heterocycles. The molecule has 0 amide bonds. The lowest BCUT2D eigenvalue weighted by Crippen LogP contribution is -2.01. The molecule has 0 fully saturated rings. The van der Waals surface area contributed by atoms with Crippen LogP contribution in [0.15, 0.2) is 24.3 Å². The number of rotatable bonds is 4. The minimum atomic E-state index is -2.64. The van der Waals surface area contributed by atoms with Gasteiger partial charge in [-0.3, -0.25) is 0 Å². The molecule has 2 rings (SSSR count). The van der Waals surface area contributed by atoms with E-state index in [0.29, 0.717) is 16.5 Å². The summed E-state index contributed by atoms with van der Waals surface area (Å²) in [5.74, 6) is 1.09. The van der Waals surface area contributed by atoms with Crippen LogP contribution in [0.1, 0.15) is 17.9 Å². The van der Waals surface area contributed by atoms with Crippen molar-refractivity contribution >= 4 is 23.1 Å². The van der Waals surface area contributed by atoms with E-state index in [0.717, 1.165) is 0 Å². The average molecular weight is 300 g/mol. The Morgan fingerprint density at radius 2 is 2.00 bits per heavy atom. The second-order valence-electron chi connectivity index (χ2n) is 4.00. The summed E-state index contributed by atoms with van der Waals surface area (Å²) in [4.78, 5) is 7.73. The molecule has 0 radical (unpaired) electrons. The van der Waals surface area contributed by atoms with Crippen molar-refractivity contribution in [3.8, 4) is 5.75 Å². The maximum Gasteiger partial charge on any atom is 0.280 e. The third-order valence-corrected chi connectivity index (χ3v) is 2.80. The SMILES string of the molecule is COc1ccc(Nc2cc(C(F)F)nc(C)n2)cc1Cl. The van der Waals surface area contributed by atoms with Gasteiger partial charge < -0.3 is 10.1 Å². The van der Waals surface area contributed by atoms with Crippen molar-refractivity contribution < 1.29 is 13.5 Å². The molecule has 2 aromatic rings. The number of halogens is 3. The van der Waals surface area contributed by atoms with Crippen LogP contribution in [0.5, 0.6) is 5.75 Å². The van der Waals surface area contributed by atoms with Crippen LogP contribution in [0.3, 0.4) is 0 Å². The number of aromatic nitrogens is 2. The molecular formula is C13H12ClF2N3O. The fourth-order valence-electron chi connectivity index (χ4n) is 1.66. The highest BCUT2D eigenvalue weighted by Gasteiger charge is 2.12. The van der Waals surface area contributed by atoms with Gasteiger partial charge in [0, 0.05) is 11.8 Å². The first-order valence-electron chi connectivity index (χ1n) is 5.74. The zero-order valence-corrected chi connectivity index (χ0v) is 11.6.